The van der Waals surface area contributed by atoms with Crippen LogP contribution in [0.15, 0.2) is 0 Å². The average Bonchev–Trinajstić information content (AvgIpc) is 2.28. The molecule has 1 heterocycles. The molecule has 1 unspecified atom stereocenters. The molecule has 0 aromatic carbocycles. The van der Waals surface area contributed by atoms with E-state index in [4.69, 9.17) is 4.74 Å². The second-order valence-electron chi connectivity index (χ2n) is 6.73. The summed E-state index contributed by atoms with van der Waals surface area (Å²) in [5.41, 5.74) is 0.255. The fraction of sp³-hybridized carbons (Fsp3) is 1.00. The molecule has 0 radical (unpaired) electrons. The highest BCUT2D eigenvalue weighted by Gasteiger charge is 2.15. The van der Waals surface area contributed by atoms with Gasteiger partial charge in [-0.3, -0.25) is 0 Å². The number of unbranched alkanes of at least 4 members (excludes halogenated alkanes) is 1. The standard InChI is InChI=1S/C15H32N2O/c1-15(2,3)16-9-5-6-10-17(4)12-14-8-7-11-18-13-14/h14,16H,5-13H2,1-4H3. The quantitative estimate of drug-likeness (QED) is 0.708. The molecule has 1 N–H and O–H groups in total. The minimum atomic E-state index is 0.255. The Labute approximate surface area is 113 Å². The normalized spacial score (nSPS) is 21.5. The van der Waals surface area contributed by atoms with Gasteiger partial charge in [-0.25, -0.2) is 0 Å². The number of nitrogens with zero attached hydrogens (tertiary/aromatic N) is 1. The SMILES string of the molecule is CN(CCCCNC(C)(C)C)CC1CCCOC1. The molecule has 0 saturated carbocycles. The third-order valence-electron chi connectivity index (χ3n) is 3.45. The van der Waals surface area contributed by atoms with Crippen molar-refractivity contribution in [3.63, 3.8) is 0 Å². The molecule has 1 rings (SSSR count). The number of ether oxygens (including phenoxy) is 1. The van der Waals surface area contributed by atoms with Crippen molar-refractivity contribution in [1.29, 1.82) is 0 Å². The van der Waals surface area contributed by atoms with Gasteiger partial charge in [0, 0.05) is 18.7 Å². The summed E-state index contributed by atoms with van der Waals surface area (Å²) in [7, 11) is 2.24. The maximum atomic E-state index is 5.53. The summed E-state index contributed by atoms with van der Waals surface area (Å²) >= 11 is 0. The van der Waals surface area contributed by atoms with Gasteiger partial charge < -0.3 is 15.0 Å². The van der Waals surface area contributed by atoms with Crippen LogP contribution in [-0.2, 0) is 4.74 Å². The van der Waals surface area contributed by atoms with Crippen molar-refractivity contribution in [3.8, 4) is 0 Å². The Balaban J connectivity index is 1.97. The van der Waals surface area contributed by atoms with Crippen molar-refractivity contribution >= 4 is 0 Å². The third kappa shape index (κ3) is 8.06. The summed E-state index contributed by atoms with van der Waals surface area (Å²) in [4.78, 5) is 2.47. The summed E-state index contributed by atoms with van der Waals surface area (Å²) in [5.74, 6) is 0.761. The van der Waals surface area contributed by atoms with Gasteiger partial charge in [0.15, 0.2) is 0 Å². The second kappa shape index (κ2) is 8.13. The first-order valence-corrected chi connectivity index (χ1v) is 7.49. The highest BCUT2D eigenvalue weighted by atomic mass is 16.5. The van der Waals surface area contributed by atoms with E-state index >= 15 is 0 Å². The summed E-state index contributed by atoms with van der Waals surface area (Å²) in [6.45, 7) is 12.2. The molecule has 1 fully saturated rings. The van der Waals surface area contributed by atoms with Crippen molar-refractivity contribution in [2.45, 2.75) is 52.0 Å². The van der Waals surface area contributed by atoms with Gasteiger partial charge in [-0.1, -0.05) is 0 Å². The maximum Gasteiger partial charge on any atom is 0.0506 e. The van der Waals surface area contributed by atoms with Crippen LogP contribution in [-0.4, -0.2) is 50.3 Å². The molecule has 3 heteroatoms. The van der Waals surface area contributed by atoms with Crippen LogP contribution >= 0.6 is 0 Å². The van der Waals surface area contributed by atoms with Gasteiger partial charge in [-0.05, 0) is 72.5 Å². The molecule has 108 valence electrons. The summed E-state index contributed by atoms with van der Waals surface area (Å²) in [6.07, 6.45) is 5.14. The van der Waals surface area contributed by atoms with Crippen molar-refractivity contribution in [3.05, 3.63) is 0 Å². The summed E-state index contributed by atoms with van der Waals surface area (Å²) in [6, 6.07) is 0. The Hall–Kier alpha value is -0.120. The molecule has 1 aliphatic rings. The molecular weight excluding hydrogens is 224 g/mol. The van der Waals surface area contributed by atoms with Crippen LogP contribution in [0.5, 0.6) is 0 Å². The van der Waals surface area contributed by atoms with E-state index in [0.29, 0.717) is 0 Å². The summed E-state index contributed by atoms with van der Waals surface area (Å²) in [5, 5.41) is 3.54. The Morgan fingerprint density at radius 3 is 2.67 bits per heavy atom. The lowest BCUT2D eigenvalue weighted by Gasteiger charge is -2.27. The molecule has 3 nitrogen and oxygen atoms in total. The van der Waals surface area contributed by atoms with E-state index in [0.717, 1.165) is 25.7 Å². The van der Waals surface area contributed by atoms with Crippen LogP contribution in [0.2, 0.25) is 0 Å². The molecule has 1 aliphatic heterocycles. The van der Waals surface area contributed by atoms with Crippen LogP contribution < -0.4 is 5.32 Å². The van der Waals surface area contributed by atoms with Crippen molar-refractivity contribution < 1.29 is 4.74 Å². The molecule has 0 aromatic heterocycles. The van der Waals surface area contributed by atoms with Crippen LogP contribution in [0.4, 0.5) is 0 Å². The van der Waals surface area contributed by atoms with Crippen LogP contribution in [0, 0.1) is 5.92 Å². The summed E-state index contributed by atoms with van der Waals surface area (Å²) < 4.78 is 5.53. The van der Waals surface area contributed by atoms with Crippen LogP contribution in [0.1, 0.15) is 46.5 Å². The van der Waals surface area contributed by atoms with Gasteiger partial charge >= 0.3 is 0 Å². The average molecular weight is 256 g/mol. The Morgan fingerprint density at radius 2 is 2.06 bits per heavy atom. The van der Waals surface area contributed by atoms with Gasteiger partial charge in [0.1, 0.15) is 0 Å². The lowest BCUT2D eigenvalue weighted by atomic mass is 10.0. The molecule has 1 saturated heterocycles. The minimum Gasteiger partial charge on any atom is -0.381 e. The third-order valence-corrected chi connectivity index (χ3v) is 3.45. The molecule has 0 aliphatic carbocycles. The van der Waals surface area contributed by atoms with E-state index in [-0.39, 0.29) is 5.54 Å². The fourth-order valence-corrected chi connectivity index (χ4v) is 2.45. The van der Waals surface area contributed by atoms with Crippen molar-refractivity contribution in [1.82, 2.24) is 10.2 Å². The number of hydrogen-bond donors (Lipinski definition) is 1. The second-order valence-corrected chi connectivity index (χ2v) is 6.73. The molecule has 0 aromatic rings. The highest BCUT2D eigenvalue weighted by molar-refractivity contribution is 4.70. The van der Waals surface area contributed by atoms with Crippen molar-refractivity contribution in [2.24, 2.45) is 5.92 Å². The fourth-order valence-electron chi connectivity index (χ4n) is 2.45. The molecule has 0 bridgehead atoms. The van der Waals surface area contributed by atoms with E-state index < -0.39 is 0 Å². The van der Waals surface area contributed by atoms with E-state index in [1.807, 2.05) is 0 Å². The zero-order valence-corrected chi connectivity index (χ0v) is 12.8. The number of nitrogens with one attached hydrogen (secondary N) is 1. The topological polar surface area (TPSA) is 24.5 Å². The largest absolute Gasteiger partial charge is 0.381 e. The van der Waals surface area contributed by atoms with Crippen LogP contribution in [0.25, 0.3) is 0 Å². The first-order valence-electron chi connectivity index (χ1n) is 7.49. The van der Waals surface area contributed by atoms with Gasteiger partial charge in [0.05, 0.1) is 6.61 Å². The molecule has 1 atom stereocenters. The van der Waals surface area contributed by atoms with Gasteiger partial charge in [0.25, 0.3) is 0 Å². The molecule has 18 heavy (non-hydrogen) atoms. The monoisotopic (exact) mass is 256 g/mol. The van der Waals surface area contributed by atoms with Gasteiger partial charge in [-0.2, -0.15) is 0 Å². The Bertz CT molecular complexity index is 207. The number of hydrogen-bond acceptors (Lipinski definition) is 3. The van der Waals surface area contributed by atoms with Crippen LogP contribution in [0.3, 0.4) is 0 Å². The van der Waals surface area contributed by atoms with Gasteiger partial charge in [-0.15, -0.1) is 0 Å². The van der Waals surface area contributed by atoms with Crippen molar-refractivity contribution in [2.75, 3.05) is 39.9 Å². The van der Waals surface area contributed by atoms with E-state index in [2.05, 4.69) is 38.0 Å². The maximum absolute atomic E-state index is 5.53. The smallest absolute Gasteiger partial charge is 0.0506 e. The van der Waals surface area contributed by atoms with E-state index in [1.165, 1.54) is 38.8 Å². The predicted octanol–water partition coefficient (Wildman–Crippen LogP) is 2.51. The first kappa shape index (κ1) is 15.9. The Morgan fingerprint density at radius 1 is 1.28 bits per heavy atom. The lowest BCUT2D eigenvalue weighted by molar-refractivity contribution is 0.0419. The predicted molar refractivity (Wildman–Crippen MR) is 78.0 cm³/mol. The molecule has 0 amide bonds. The Kier molecular flexibility index (Phi) is 7.20. The van der Waals surface area contributed by atoms with Gasteiger partial charge in [0.2, 0.25) is 0 Å². The zero-order chi connectivity index (χ0) is 13.4. The minimum absolute atomic E-state index is 0.255. The highest BCUT2D eigenvalue weighted by Crippen LogP contribution is 2.14. The lowest BCUT2D eigenvalue weighted by Crippen LogP contribution is -2.36. The first-order chi connectivity index (χ1) is 8.47. The van der Waals surface area contributed by atoms with E-state index in [1.54, 1.807) is 0 Å². The number of rotatable bonds is 7. The molecule has 0 spiro atoms. The molecular formula is C15H32N2O. The zero-order valence-electron chi connectivity index (χ0n) is 12.8. The van der Waals surface area contributed by atoms with E-state index in [9.17, 15) is 0 Å².